The third-order valence-electron chi connectivity index (χ3n) is 2.66. The first-order chi connectivity index (χ1) is 10.4. The van der Waals surface area contributed by atoms with E-state index in [0.29, 0.717) is 21.5 Å². The highest BCUT2D eigenvalue weighted by Gasteiger charge is 2.12. The van der Waals surface area contributed by atoms with Crippen LogP contribution in [0.4, 0.5) is 0 Å². The summed E-state index contributed by atoms with van der Waals surface area (Å²) in [7, 11) is 0. The highest BCUT2D eigenvalue weighted by Crippen LogP contribution is 2.29. The van der Waals surface area contributed by atoms with Crippen LogP contribution in [-0.2, 0) is 21.7 Å². The van der Waals surface area contributed by atoms with Crippen LogP contribution >= 0.6 is 23.2 Å². The molecule has 0 aliphatic rings. The van der Waals surface area contributed by atoms with Crippen molar-refractivity contribution in [1.29, 1.82) is 0 Å². The maximum atomic E-state index is 11.5. The topological polar surface area (TPSA) is 69.6 Å². The molecule has 1 unspecified atom stereocenters. The molecule has 0 bridgehead atoms. The summed E-state index contributed by atoms with van der Waals surface area (Å²) >= 11 is 10.3. The van der Waals surface area contributed by atoms with Gasteiger partial charge >= 0.3 is 5.97 Å². The van der Waals surface area contributed by atoms with E-state index >= 15 is 0 Å². The van der Waals surface area contributed by atoms with Crippen molar-refractivity contribution in [3.8, 4) is 11.5 Å². The normalized spacial score (nSPS) is 12.0. The monoisotopic (exact) mass is 358 g/mol. The second kappa shape index (κ2) is 7.74. The highest BCUT2D eigenvalue weighted by molar-refractivity contribution is 7.91. The molecule has 0 saturated heterocycles. The Morgan fingerprint density at radius 1 is 1.09 bits per heavy atom. The molecule has 0 aliphatic heterocycles. The minimum Gasteiger partial charge on any atom is -0.616 e. The second-order valence-electron chi connectivity index (χ2n) is 4.44. The van der Waals surface area contributed by atoms with Crippen LogP contribution in [0.15, 0.2) is 42.5 Å². The zero-order valence-corrected chi connectivity index (χ0v) is 13.6. The Morgan fingerprint density at radius 3 is 2.32 bits per heavy atom. The molecule has 0 heterocycles. The Kier molecular flexibility index (Phi) is 5.97. The fraction of sp³-hybridized carbons (Fsp3) is 0.133. The first kappa shape index (κ1) is 17.0. The molecular formula is C15H12Cl2O4S. The molecule has 0 aromatic heterocycles. The van der Waals surface area contributed by atoms with E-state index in [9.17, 15) is 9.35 Å². The average molecular weight is 359 g/mol. The maximum absolute atomic E-state index is 11.5. The van der Waals surface area contributed by atoms with Gasteiger partial charge in [0.05, 0.1) is 10.0 Å². The lowest BCUT2D eigenvalue weighted by Gasteiger charge is -2.10. The molecule has 22 heavy (non-hydrogen) atoms. The second-order valence-corrected chi connectivity index (χ2v) is 6.72. The Balaban J connectivity index is 1.99. The third kappa shape index (κ3) is 5.10. The van der Waals surface area contributed by atoms with E-state index in [1.54, 1.807) is 42.5 Å². The van der Waals surface area contributed by atoms with Gasteiger partial charge in [-0.25, -0.2) is 4.79 Å². The smallest absolute Gasteiger partial charge is 0.353 e. The first-order valence-electron chi connectivity index (χ1n) is 6.22. The summed E-state index contributed by atoms with van der Waals surface area (Å²) in [6, 6.07) is 11.9. The van der Waals surface area contributed by atoms with Gasteiger partial charge in [-0.1, -0.05) is 35.3 Å². The van der Waals surface area contributed by atoms with Crippen molar-refractivity contribution in [2.45, 2.75) is 5.75 Å². The third-order valence-corrected chi connectivity index (χ3v) is 4.63. The molecule has 1 atom stereocenters. The minimum atomic E-state index is -1.42. The lowest BCUT2D eigenvalue weighted by molar-refractivity contribution is -0.134. The van der Waals surface area contributed by atoms with Crippen LogP contribution in [0, 0.1) is 0 Å². The van der Waals surface area contributed by atoms with Crippen LogP contribution in [-0.4, -0.2) is 21.4 Å². The number of benzene rings is 2. The van der Waals surface area contributed by atoms with Gasteiger partial charge in [-0.2, -0.15) is 0 Å². The van der Waals surface area contributed by atoms with Gasteiger partial charge in [-0.15, -0.1) is 0 Å². The average Bonchev–Trinajstić information content (AvgIpc) is 2.44. The van der Waals surface area contributed by atoms with Crippen LogP contribution in [0.5, 0.6) is 11.5 Å². The predicted octanol–water partition coefficient (Wildman–Crippen LogP) is 4.12. The van der Waals surface area contributed by atoms with Gasteiger partial charge < -0.3 is 14.4 Å². The molecule has 0 amide bonds. The lowest BCUT2D eigenvalue weighted by Crippen LogP contribution is -2.16. The number of carbonyl (C=O) groups is 1. The number of aliphatic carboxylic acids is 1. The number of hydrogen-bond donors (Lipinski definition) is 1. The van der Waals surface area contributed by atoms with Gasteiger partial charge in [0, 0.05) is 11.6 Å². The fourth-order valence-corrected chi connectivity index (χ4v) is 2.93. The number of carboxylic acids is 1. The minimum absolute atomic E-state index is 0.194. The number of carboxylic acid groups (broad SMARTS) is 1. The summed E-state index contributed by atoms with van der Waals surface area (Å²) in [6.45, 7) is 0. The molecule has 0 saturated carbocycles. The van der Waals surface area contributed by atoms with Gasteiger partial charge in [0.1, 0.15) is 17.3 Å². The van der Waals surface area contributed by atoms with E-state index < -0.39 is 17.1 Å². The van der Waals surface area contributed by atoms with E-state index in [1.165, 1.54) is 0 Å². The zero-order valence-electron chi connectivity index (χ0n) is 11.3. The van der Waals surface area contributed by atoms with E-state index in [1.807, 2.05) is 0 Å². The molecule has 2 aromatic rings. The predicted molar refractivity (Wildman–Crippen MR) is 87.3 cm³/mol. The van der Waals surface area contributed by atoms with Crippen LogP contribution in [0.3, 0.4) is 0 Å². The van der Waals surface area contributed by atoms with Crippen molar-refractivity contribution in [3.63, 3.8) is 0 Å². The van der Waals surface area contributed by atoms with Crippen molar-refractivity contribution in [2.75, 3.05) is 5.75 Å². The molecule has 2 rings (SSSR count). The molecule has 0 radical (unpaired) electrons. The molecule has 0 fully saturated rings. The number of ether oxygens (including phenoxy) is 1. The Bertz CT molecular complexity index is 661. The zero-order chi connectivity index (χ0) is 16.1. The van der Waals surface area contributed by atoms with Crippen LogP contribution in [0.1, 0.15) is 5.56 Å². The summed E-state index contributed by atoms with van der Waals surface area (Å²) in [5.74, 6) is -0.0957. The molecule has 7 heteroatoms. The van der Waals surface area contributed by atoms with Crippen molar-refractivity contribution in [3.05, 3.63) is 58.1 Å². The summed E-state index contributed by atoms with van der Waals surface area (Å²) in [5, 5.41) is 9.43. The van der Waals surface area contributed by atoms with E-state index in [2.05, 4.69) is 0 Å². The van der Waals surface area contributed by atoms with Crippen LogP contribution in [0.2, 0.25) is 10.0 Å². The van der Waals surface area contributed by atoms with Crippen molar-refractivity contribution < 1.29 is 19.2 Å². The molecule has 1 N–H and O–H groups in total. The Morgan fingerprint density at radius 2 is 1.73 bits per heavy atom. The number of hydrogen-bond acceptors (Lipinski definition) is 3. The van der Waals surface area contributed by atoms with Crippen molar-refractivity contribution in [2.24, 2.45) is 0 Å². The molecule has 4 nitrogen and oxygen atoms in total. The Hall–Kier alpha value is -1.40. The van der Waals surface area contributed by atoms with Gasteiger partial charge in [-0.05, 0) is 35.4 Å². The number of halogens is 2. The Labute approximate surface area is 140 Å². The SMILES string of the molecule is O=C(O)C[S+]([O-])Cc1ccc(Oc2ccc(Cl)c(Cl)c2)cc1. The summed E-state index contributed by atoms with van der Waals surface area (Å²) in [6.07, 6.45) is 0. The fourth-order valence-electron chi connectivity index (χ4n) is 1.70. The lowest BCUT2D eigenvalue weighted by atomic mass is 10.2. The van der Waals surface area contributed by atoms with Crippen molar-refractivity contribution in [1.82, 2.24) is 0 Å². The summed E-state index contributed by atoms with van der Waals surface area (Å²) in [4.78, 5) is 10.5. The van der Waals surface area contributed by atoms with Gasteiger partial charge in [0.2, 0.25) is 5.75 Å². The molecule has 2 aromatic carbocycles. The molecule has 0 aliphatic carbocycles. The van der Waals surface area contributed by atoms with Gasteiger partial charge in [0.25, 0.3) is 0 Å². The standard InChI is InChI=1S/C15H12Cl2O4S/c16-13-6-5-12(7-14(13)17)21-11-3-1-10(2-4-11)8-22(20)9-15(18)19/h1-7H,8-9H2,(H,18,19). The van der Waals surface area contributed by atoms with Gasteiger partial charge in [-0.3, -0.25) is 0 Å². The van der Waals surface area contributed by atoms with Crippen LogP contribution in [0.25, 0.3) is 0 Å². The van der Waals surface area contributed by atoms with Crippen molar-refractivity contribution >= 4 is 40.3 Å². The number of rotatable bonds is 6. The summed E-state index contributed by atoms with van der Waals surface area (Å²) in [5.41, 5.74) is 0.779. The maximum Gasteiger partial charge on any atom is 0.353 e. The highest BCUT2D eigenvalue weighted by atomic mass is 35.5. The molecular weight excluding hydrogens is 347 g/mol. The first-order valence-corrected chi connectivity index (χ1v) is 8.47. The largest absolute Gasteiger partial charge is 0.616 e. The summed E-state index contributed by atoms with van der Waals surface area (Å²) < 4.78 is 17.2. The quantitative estimate of drug-likeness (QED) is 0.788. The van der Waals surface area contributed by atoms with Crippen LogP contribution < -0.4 is 4.74 Å². The molecule has 0 spiro atoms. The van der Waals surface area contributed by atoms with E-state index in [4.69, 9.17) is 33.0 Å². The van der Waals surface area contributed by atoms with E-state index in [-0.39, 0.29) is 11.5 Å². The van der Waals surface area contributed by atoms with E-state index in [0.717, 1.165) is 5.56 Å². The molecule has 116 valence electrons. The van der Waals surface area contributed by atoms with Gasteiger partial charge in [0.15, 0.2) is 0 Å².